The Kier molecular flexibility index (Phi) is 3.87. The number of rotatable bonds is 3. The average molecular weight is 338 g/mol. The molecule has 2 heterocycles. The van der Waals surface area contributed by atoms with Gasteiger partial charge >= 0.3 is 0 Å². The number of carbonyl (C=O) groups is 1. The molecule has 1 fully saturated rings. The number of hydrogen-bond donors (Lipinski definition) is 1. The Hall–Kier alpha value is -2.89. The summed E-state index contributed by atoms with van der Waals surface area (Å²) in [6, 6.07) is 12.7. The first kappa shape index (κ1) is 15.6. The van der Waals surface area contributed by atoms with Crippen LogP contribution in [-0.2, 0) is 0 Å². The number of anilines is 1. The monoisotopic (exact) mass is 338 g/mol. The molecule has 0 radical (unpaired) electrons. The number of amides is 1. The van der Waals surface area contributed by atoms with Crippen molar-refractivity contribution in [3.05, 3.63) is 60.0 Å². The highest BCUT2D eigenvalue weighted by molar-refractivity contribution is 5.93. The van der Waals surface area contributed by atoms with E-state index in [4.69, 9.17) is 5.73 Å². The van der Waals surface area contributed by atoms with E-state index in [-0.39, 0.29) is 11.9 Å². The smallest absolute Gasteiger partial charge is 0.248 e. The Labute approximate surface area is 144 Å². The van der Waals surface area contributed by atoms with Crippen LogP contribution in [0.4, 0.5) is 10.1 Å². The van der Waals surface area contributed by atoms with Crippen molar-refractivity contribution in [2.45, 2.75) is 18.9 Å². The highest BCUT2D eigenvalue weighted by Gasteiger charge is 2.23. The molecule has 0 aliphatic carbocycles. The second kappa shape index (κ2) is 6.20. The Bertz CT molecular complexity index is 928. The molecule has 0 bridgehead atoms. The highest BCUT2D eigenvalue weighted by atomic mass is 19.1. The molecule has 2 N–H and O–H groups in total. The van der Waals surface area contributed by atoms with Crippen molar-refractivity contribution >= 4 is 22.5 Å². The number of aromatic nitrogens is 2. The molecule has 1 saturated heterocycles. The first-order valence-corrected chi connectivity index (χ1v) is 8.40. The second-order valence-corrected chi connectivity index (χ2v) is 6.39. The molecule has 1 aliphatic heterocycles. The van der Waals surface area contributed by atoms with Gasteiger partial charge < -0.3 is 10.6 Å². The fourth-order valence-corrected chi connectivity index (χ4v) is 3.55. The molecule has 1 aromatic heterocycles. The third-order valence-corrected chi connectivity index (χ3v) is 4.89. The maximum absolute atomic E-state index is 13.9. The molecule has 4 rings (SSSR count). The van der Waals surface area contributed by atoms with E-state index in [1.807, 2.05) is 28.9 Å². The zero-order valence-corrected chi connectivity index (χ0v) is 13.7. The van der Waals surface area contributed by atoms with E-state index in [1.165, 1.54) is 6.07 Å². The molecular formula is C19H19FN4O. The summed E-state index contributed by atoms with van der Waals surface area (Å²) >= 11 is 0. The lowest BCUT2D eigenvalue weighted by atomic mass is 10.0. The maximum atomic E-state index is 13.9. The lowest BCUT2D eigenvalue weighted by Gasteiger charge is -2.34. The number of nitrogens with zero attached hydrogens (tertiary/aromatic N) is 3. The number of primary amides is 1. The Morgan fingerprint density at radius 1 is 1.16 bits per heavy atom. The largest absolute Gasteiger partial charge is 0.371 e. The van der Waals surface area contributed by atoms with E-state index in [1.54, 1.807) is 18.3 Å². The van der Waals surface area contributed by atoms with E-state index in [9.17, 15) is 9.18 Å². The predicted molar refractivity (Wildman–Crippen MR) is 95.1 cm³/mol. The summed E-state index contributed by atoms with van der Waals surface area (Å²) in [4.78, 5) is 13.6. The van der Waals surface area contributed by atoms with Crippen molar-refractivity contribution in [2.75, 3.05) is 18.0 Å². The lowest BCUT2D eigenvalue weighted by molar-refractivity contribution is 0.100. The number of carbonyl (C=O) groups excluding carboxylic acids is 1. The number of fused-ring (bicyclic) bond motifs is 1. The fraction of sp³-hybridized carbons (Fsp3) is 0.263. The number of piperidine rings is 1. The van der Waals surface area contributed by atoms with Gasteiger partial charge in [-0.05, 0) is 43.2 Å². The van der Waals surface area contributed by atoms with Gasteiger partial charge in [0.25, 0.3) is 0 Å². The van der Waals surface area contributed by atoms with Gasteiger partial charge in [-0.1, -0.05) is 12.1 Å². The topological polar surface area (TPSA) is 64.2 Å². The van der Waals surface area contributed by atoms with Crippen LogP contribution in [0.15, 0.2) is 48.7 Å². The van der Waals surface area contributed by atoms with E-state index < -0.39 is 5.91 Å². The quantitative estimate of drug-likeness (QED) is 0.798. The van der Waals surface area contributed by atoms with Crippen molar-refractivity contribution in [1.29, 1.82) is 0 Å². The average Bonchev–Trinajstić information content (AvgIpc) is 3.07. The summed E-state index contributed by atoms with van der Waals surface area (Å²) < 4.78 is 15.8. The van der Waals surface area contributed by atoms with Crippen LogP contribution in [0.5, 0.6) is 0 Å². The van der Waals surface area contributed by atoms with Crippen molar-refractivity contribution in [1.82, 2.24) is 9.78 Å². The molecule has 25 heavy (non-hydrogen) atoms. The Morgan fingerprint density at radius 3 is 2.68 bits per heavy atom. The van der Waals surface area contributed by atoms with Gasteiger partial charge in [0.2, 0.25) is 5.91 Å². The van der Waals surface area contributed by atoms with Crippen LogP contribution in [0, 0.1) is 5.82 Å². The number of halogens is 1. The summed E-state index contributed by atoms with van der Waals surface area (Å²) in [5, 5.41) is 4.98. The third kappa shape index (κ3) is 2.84. The summed E-state index contributed by atoms with van der Waals surface area (Å²) in [5.41, 5.74) is 7.73. The van der Waals surface area contributed by atoms with Crippen LogP contribution in [0.2, 0.25) is 0 Å². The molecule has 1 amide bonds. The van der Waals surface area contributed by atoms with Gasteiger partial charge in [-0.15, -0.1) is 0 Å². The Balaban J connectivity index is 1.52. The van der Waals surface area contributed by atoms with Crippen molar-refractivity contribution in [3.63, 3.8) is 0 Å². The highest BCUT2D eigenvalue weighted by Crippen LogP contribution is 2.29. The van der Waals surface area contributed by atoms with Crippen LogP contribution in [-0.4, -0.2) is 28.8 Å². The molecule has 0 saturated carbocycles. The molecular weight excluding hydrogens is 319 g/mol. The van der Waals surface area contributed by atoms with Crippen molar-refractivity contribution < 1.29 is 9.18 Å². The normalized spacial score (nSPS) is 15.6. The van der Waals surface area contributed by atoms with E-state index in [2.05, 4.69) is 10.00 Å². The standard InChI is InChI=1S/C19H19FN4O/c20-17-5-2-6-18-16(17)12-22-24(18)14-7-9-23(10-8-14)15-4-1-3-13(11-15)19(21)25/h1-6,11-12,14H,7-10H2,(H2,21,25). The van der Waals surface area contributed by atoms with Gasteiger partial charge in [0.05, 0.1) is 23.1 Å². The molecule has 128 valence electrons. The molecule has 3 aromatic rings. The number of nitrogens with two attached hydrogens (primary N) is 1. The van der Waals surface area contributed by atoms with Crippen LogP contribution < -0.4 is 10.6 Å². The SMILES string of the molecule is NC(=O)c1cccc(N2CCC(n3ncc4c(F)cccc43)CC2)c1. The lowest BCUT2D eigenvalue weighted by Crippen LogP contribution is -2.35. The molecule has 2 aromatic carbocycles. The van der Waals surface area contributed by atoms with Crippen LogP contribution >= 0.6 is 0 Å². The van der Waals surface area contributed by atoms with Gasteiger partial charge in [0.15, 0.2) is 0 Å². The first-order chi connectivity index (χ1) is 12.1. The maximum Gasteiger partial charge on any atom is 0.248 e. The summed E-state index contributed by atoms with van der Waals surface area (Å²) in [5.74, 6) is -0.647. The summed E-state index contributed by atoms with van der Waals surface area (Å²) in [6.07, 6.45) is 3.43. The van der Waals surface area contributed by atoms with Gasteiger partial charge in [-0.3, -0.25) is 9.48 Å². The molecule has 0 unspecified atom stereocenters. The predicted octanol–water partition coefficient (Wildman–Crippen LogP) is 3.12. The summed E-state index contributed by atoms with van der Waals surface area (Å²) in [6.45, 7) is 1.70. The zero-order valence-electron chi connectivity index (χ0n) is 13.7. The van der Waals surface area contributed by atoms with Gasteiger partial charge in [-0.25, -0.2) is 4.39 Å². The number of hydrogen-bond acceptors (Lipinski definition) is 3. The van der Waals surface area contributed by atoms with Crippen LogP contribution in [0.3, 0.4) is 0 Å². The third-order valence-electron chi connectivity index (χ3n) is 4.89. The van der Waals surface area contributed by atoms with E-state index in [0.29, 0.717) is 10.9 Å². The van der Waals surface area contributed by atoms with E-state index in [0.717, 1.165) is 37.1 Å². The van der Waals surface area contributed by atoms with Crippen LogP contribution in [0.1, 0.15) is 29.2 Å². The minimum Gasteiger partial charge on any atom is -0.371 e. The minimum atomic E-state index is -0.415. The molecule has 6 heteroatoms. The molecule has 0 atom stereocenters. The van der Waals surface area contributed by atoms with Crippen molar-refractivity contribution in [3.8, 4) is 0 Å². The molecule has 1 aliphatic rings. The van der Waals surface area contributed by atoms with Gasteiger partial charge in [0.1, 0.15) is 5.82 Å². The first-order valence-electron chi connectivity index (χ1n) is 8.40. The molecule has 0 spiro atoms. The zero-order chi connectivity index (χ0) is 17.4. The second-order valence-electron chi connectivity index (χ2n) is 6.39. The minimum absolute atomic E-state index is 0.232. The van der Waals surface area contributed by atoms with Gasteiger partial charge in [0, 0.05) is 24.3 Å². The van der Waals surface area contributed by atoms with Gasteiger partial charge in [-0.2, -0.15) is 5.10 Å². The van der Waals surface area contributed by atoms with Crippen LogP contribution in [0.25, 0.3) is 10.9 Å². The number of benzene rings is 2. The fourth-order valence-electron chi connectivity index (χ4n) is 3.55. The Morgan fingerprint density at radius 2 is 1.92 bits per heavy atom. The van der Waals surface area contributed by atoms with E-state index >= 15 is 0 Å². The summed E-state index contributed by atoms with van der Waals surface area (Å²) in [7, 11) is 0. The van der Waals surface area contributed by atoms with Crippen molar-refractivity contribution in [2.24, 2.45) is 5.73 Å². The molecule has 5 nitrogen and oxygen atoms in total.